The number of fused-ring (bicyclic) bond motifs is 1. The monoisotopic (exact) mass is 439 g/mol. The molecule has 8 nitrogen and oxygen atoms in total. The van der Waals surface area contributed by atoms with Crippen LogP contribution in [0.2, 0.25) is 5.02 Å². The van der Waals surface area contributed by atoms with Gasteiger partial charge < -0.3 is 0 Å². The number of hydrogen-bond acceptors (Lipinski definition) is 5. The fraction of sp³-hybridized carbons (Fsp3) is 0.227. The van der Waals surface area contributed by atoms with Gasteiger partial charge in [0.05, 0.1) is 23.3 Å². The van der Waals surface area contributed by atoms with E-state index in [4.69, 9.17) is 11.6 Å². The Hall–Kier alpha value is -3.52. The number of amides is 3. The van der Waals surface area contributed by atoms with Crippen LogP contribution in [0.15, 0.2) is 60.7 Å². The van der Waals surface area contributed by atoms with Gasteiger partial charge in [-0.25, -0.2) is 5.01 Å². The third kappa shape index (κ3) is 3.94. The number of benzene rings is 2. The number of hydrogen-bond donors (Lipinski definition) is 0. The predicted molar refractivity (Wildman–Crippen MR) is 112 cm³/mol. The van der Waals surface area contributed by atoms with Gasteiger partial charge in [0.1, 0.15) is 0 Å². The highest BCUT2D eigenvalue weighted by atomic mass is 35.5. The number of allylic oxidation sites excluding steroid dienone is 2. The third-order valence-corrected chi connectivity index (χ3v) is 5.78. The highest BCUT2D eigenvalue weighted by Gasteiger charge is 2.50. The van der Waals surface area contributed by atoms with Gasteiger partial charge in [0.2, 0.25) is 0 Å². The summed E-state index contributed by atoms with van der Waals surface area (Å²) in [7, 11) is 0. The first-order valence-electron chi connectivity index (χ1n) is 9.70. The highest BCUT2D eigenvalue weighted by molar-refractivity contribution is 6.30. The lowest BCUT2D eigenvalue weighted by atomic mass is 9.85. The van der Waals surface area contributed by atoms with Crippen LogP contribution < -0.4 is 0 Å². The molecular weight excluding hydrogens is 422 g/mol. The zero-order chi connectivity index (χ0) is 22.1. The van der Waals surface area contributed by atoms with Crippen LogP contribution in [-0.4, -0.2) is 32.7 Å². The molecule has 1 aliphatic carbocycles. The first-order valence-corrected chi connectivity index (χ1v) is 10.1. The number of nitro benzene ring substituents is 1. The smallest absolute Gasteiger partial charge is 0.272 e. The normalized spacial score (nSPS) is 20.0. The number of halogens is 1. The number of hydrazine groups is 1. The molecular formula is C22H18ClN3O5. The molecule has 0 aromatic heterocycles. The van der Waals surface area contributed by atoms with Crippen molar-refractivity contribution in [2.24, 2.45) is 11.8 Å². The van der Waals surface area contributed by atoms with E-state index in [1.807, 2.05) is 12.2 Å². The molecule has 158 valence electrons. The fourth-order valence-electron chi connectivity index (χ4n) is 3.89. The third-order valence-electron chi connectivity index (χ3n) is 5.53. The summed E-state index contributed by atoms with van der Waals surface area (Å²) >= 11 is 5.92. The molecule has 1 aliphatic heterocycles. The van der Waals surface area contributed by atoms with Crippen molar-refractivity contribution in [2.45, 2.75) is 19.4 Å². The fourth-order valence-corrected chi connectivity index (χ4v) is 4.02. The van der Waals surface area contributed by atoms with Crippen molar-refractivity contribution in [1.29, 1.82) is 0 Å². The summed E-state index contributed by atoms with van der Waals surface area (Å²) in [6, 6.07) is 11.8. The maximum atomic E-state index is 13.3. The van der Waals surface area contributed by atoms with Crippen LogP contribution in [-0.2, 0) is 16.1 Å². The second-order valence-corrected chi connectivity index (χ2v) is 7.87. The molecule has 0 N–H and O–H groups in total. The van der Waals surface area contributed by atoms with Gasteiger partial charge in [-0.15, -0.1) is 0 Å². The van der Waals surface area contributed by atoms with Crippen LogP contribution in [0.1, 0.15) is 28.8 Å². The van der Waals surface area contributed by atoms with E-state index in [0.29, 0.717) is 23.4 Å². The summed E-state index contributed by atoms with van der Waals surface area (Å²) in [5.41, 5.74) is 0.714. The molecule has 31 heavy (non-hydrogen) atoms. The second kappa shape index (κ2) is 8.31. The average Bonchev–Trinajstić information content (AvgIpc) is 3.03. The minimum absolute atomic E-state index is 0.0928. The molecule has 0 saturated carbocycles. The minimum atomic E-state index is -0.539. The molecule has 0 unspecified atom stereocenters. The Morgan fingerprint density at radius 3 is 2.06 bits per heavy atom. The molecule has 2 aromatic rings. The minimum Gasteiger partial charge on any atom is -0.272 e. The first-order chi connectivity index (χ1) is 14.9. The summed E-state index contributed by atoms with van der Waals surface area (Å²) < 4.78 is 0. The van der Waals surface area contributed by atoms with E-state index >= 15 is 0 Å². The molecule has 1 saturated heterocycles. The summed E-state index contributed by atoms with van der Waals surface area (Å²) in [5.74, 6) is -2.35. The van der Waals surface area contributed by atoms with Crippen molar-refractivity contribution in [3.63, 3.8) is 0 Å². The Kier molecular flexibility index (Phi) is 5.56. The van der Waals surface area contributed by atoms with Gasteiger partial charge in [0.15, 0.2) is 0 Å². The van der Waals surface area contributed by atoms with Crippen LogP contribution in [0, 0.1) is 22.0 Å². The van der Waals surface area contributed by atoms with E-state index in [1.54, 1.807) is 12.1 Å². The maximum absolute atomic E-state index is 13.3. The molecule has 2 atom stereocenters. The van der Waals surface area contributed by atoms with E-state index < -0.39 is 34.5 Å². The van der Waals surface area contributed by atoms with Crippen LogP contribution in [0.3, 0.4) is 0 Å². The van der Waals surface area contributed by atoms with Gasteiger partial charge >= 0.3 is 0 Å². The molecule has 1 heterocycles. The molecule has 3 amide bonds. The van der Waals surface area contributed by atoms with E-state index in [1.165, 1.54) is 36.4 Å². The zero-order valence-electron chi connectivity index (χ0n) is 16.3. The lowest BCUT2D eigenvalue weighted by molar-refractivity contribution is -0.384. The van der Waals surface area contributed by atoms with Gasteiger partial charge in [0, 0.05) is 22.7 Å². The summed E-state index contributed by atoms with van der Waals surface area (Å²) in [5, 5.41) is 13.4. The van der Waals surface area contributed by atoms with Crippen molar-refractivity contribution >= 4 is 35.0 Å². The van der Waals surface area contributed by atoms with Gasteiger partial charge in [-0.3, -0.25) is 24.5 Å². The highest BCUT2D eigenvalue weighted by Crippen LogP contribution is 2.36. The maximum Gasteiger partial charge on any atom is 0.273 e. The number of imide groups is 1. The molecule has 1 fully saturated rings. The van der Waals surface area contributed by atoms with Crippen molar-refractivity contribution < 1.29 is 19.3 Å². The van der Waals surface area contributed by atoms with Crippen LogP contribution >= 0.6 is 11.6 Å². The molecule has 0 spiro atoms. The van der Waals surface area contributed by atoms with Crippen molar-refractivity contribution in [3.05, 3.63) is 86.9 Å². The number of nitrogens with zero attached hydrogens (tertiary/aromatic N) is 3. The van der Waals surface area contributed by atoms with Gasteiger partial charge in [-0.05, 0) is 42.7 Å². The Labute approximate surface area is 182 Å². The predicted octanol–water partition coefficient (Wildman–Crippen LogP) is 3.76. The average molecular weight is 440 g/mol. The topological polar surface area (TPSA) is 101 Å². The number of non-ortho nitro benzene ring substituents is 1. The lowest BCUT2D eigenvalue weighted by Gasteiger charge is -2.30. The van der Waals surface area contributed by atoms with Crippen LogP contribution in [0.25, 0.3) is 0 Å². The molecule has 4 rings (SSSR count). The van der Waals surface area contributed by atoms with Crippen molar-refractivity contribution in [2.75, 3.05) is 0 Å². The van der Waals surface area contributed by atoms with Crippen LogP contribution in [0.4, 0.5) is 5.69 Å². The molecule has 9 heteroatoms. The van der Waals surface area contributed by atoms with Gasteiger partial charge in [0.25, 0.3) is 23.4 Å². The molecule has 2 aliphatic rings. The Bertz CT molecular complexity index is 1060. The first kappa shape index (κ1) is 20.7. The Morgan fingerprint density at radius 1 is 1.00 bits per heavy atom. The number of carbonyl (C=O) groups excluding carboxylic acids is 3. The van der Waals surface area contributed by atoms with Crippen LogP contribution in [0.5, 0.6) is 0 Å². The zero-order valence-corrected chi connectivity index (χ0v) is 17.1. The molecule has 0 radical (unpaired) electrons. The van der Waals surface area contributed by atoms with Crippen molar-refractivity contribution in [3.8, 4) is 0 Å². The van der Waals surface area contributed by atoms with E-state index in [0.717, 1.165) is 10.0 Å². The Morgan fingerprint density at radius 2 is 1.55 bits per heavy atom. The summed E-state index contributed by atoms with van der Waals surface area (Å²) in [6.07, 6.45) is 4.65. The molecule has 0 bridgehead atoms. The van der Waals surface area contributed by atoms with E-state index in [9.17, 15) is 24.5 Å². The Balaban J connectivity index is 1.69. The SMILES string of the molecule is O=C(c1ccc(Cl)cc1)N(Cc1ccc([N+](=O)[O-])cc1)N1C(=O)[C@H]2CC=CC[C@H]2C1=O. The second-order valence-electron chi connectivity index (χ2n) is 7.44. The quantitative estimate of drug-likeness (QED) is 0.305. The van der Waals surface area contributed by atoms with E-state index in [-0.39, 0.29) is 17.8 Å². The molecule has 2 aromatic carbocycles. The van der Waals surface area contributed by atoms with Gasteiger partial charge in [-0.2, -0.15) is 5.01 Å². The number of rotatable bonds is 5. The summed E-state index contributed by atoms with van der Waals surface area (Å²) in [6.45, 7) is -0.0934. The number of carbonyl (C=O) groups is 3. The summed E-state index contributed by atoms with van der Waals surface area (Å²) in [4.78, 5) is 49.9. The lowest BCUT2D eigenvalue weighted by Crippen LogP contribution is -2.49. The van der Waals surface area contributed by atoms with E-state index in [2.05, 4.69) is 0 Å². The number of nitro groups is 1. The standard InChI is InChI=1S/C22H18ClN3O5/c23-16-9-7-15(8-10-16)20(27)24(13-14-5-11-17(12-6-14)26(30)31)25-21(28)18-3-1-2-4-19(18)22(25)29/h1-2,5-12,18-19H,3-4,13H2/t18-,19+. The van der Waals surface area contributed by atoms with Crippen molar-refractivity contribution in [1.82, 2.24) is 10.0 Å². The van der Waals surface area contributed by atoms with Gasteiger partial charge in [-0.1, -0.05) is 35.9 Å². The largest absolute Gasteiger partial charge is 0.273 e.